The van der Waals surface area contributed by atoms with Crippen LogP contribution >= 0.6 is 0 Å². The molecular formula is C23H20N4. The number of hydrogen-bond donors (Lipinski definition) is 1. The summed E-state index contributed by atoms with van der Waals surface area (Å²) in [4.78, 5) is 4.34. The molecule has 0 amide bonds. The van der Waals surface area contributed by atoms with Crippen LogP contribution in [0.15, 0.2) is 78.0 Å². The number of rotatable bonds is 2. The monoisotopic (exact) mass is 352 g/mol. The van der Waals surface area contributed by atoms with E-state index in [0.29, 0.717) is 0 Å². The third kappa shape index (κ3) is 2.61. The first-order chi connectivity index (χ1) is 13.3. The molecule has 0 bridgehead atoms. The SMILES string of the molecule is Cn1c2c(c3ccccc31)/C(=N/Nc1ccccn1)c1ccccc1CC2. The number of fused-ring (bicyclic) bond motifs is 4. The quantitative estimate of drug-likeness (QED) is 0.538. The number of nitrogens with one attached hydrogen (secondary N) is 1. The number of aromatic nitrogens is 2. The third-order valence-electron chi connectivity index (χ3n) is 5.32. The van der Waals surface area contributed by atoms with Crippen LogP contribution in [-0.4, -0.2) is 15.3 Å². The van der Waals surface area contributed by atoms with Gasteiger partial charge in [-0.15, -0.1) is 0 Å². The molecule has 1 aliphatic rings. The highest BCUT2D eigenvalue weighted by molar-refractivity contribution is 6.21. The Hall–Kier alpha value is -3.40. The number of aryl methyl sites for hydroxylation is 2. The second-order valence-corrected chi connectivity index (χ2v) is 6.84. The van der Waals surface area contributed by atoms with Gasteiger partial charge in [0.25, 0.3) is 0 Å². The van der Waals surface area contributed by atoms with Crippen molar-refractivity contribution in [1.82, 2.24) is 9.55 Å². The molecule has 27 heavy (non-hydrogen) atoms. The van der Waals surface area contributed by atoms with Crippen molar-refractivity contribution in [2.24, 2.45) is 12.1 Å². The zero-order valence-corrected chi connectivity index (χ0v) is 15.2. The molecule has 132 valence electrons. The standard InChI is InChI=1S/C23H20N4/c1-27-19-11-5-4-10-18(19)22-20(27)14-13-16-8-2-3-9-17(16)23(22)26-25-21-12-6-7-15-24-21/h2-12,15H,13-14H2,1H3,(H,24,25)/b26-23+. The maximum atomic E-state index is 4.85. The van der Waals surface area contributed by atoms with Crippen LogP contribution in [-0.2, 0) is 19.9 Å². The zero-order valence-electron chi connectivity index (χ0n) is 15.2. The van der Waals surface area contributed by atoms with Gasteiger partial charge in [0.2, 0.25) is 0 Å². The first-order valence-electron chi connectivity index (χ1n) is 9.22. The van der Waals surface area contributed by atoms with E-state index >= 15 is 0 Å². The fourth-order valence-electron chi connectivity index (χ4n) is 4.02. The molecule has 4 aromatic rings. The van der Waals surface area contributed by atoms with Gasteiger partial charge in [0.15, 0.2) is 0 Å². The third-order valence-corrected chi connectivity index (χ3v) is 5.32. The van der Waals surface area contributed by atoms with Gasteiger partial charge in [-0.1, -0.05) is 48.5 Å². The lowest BCUT2D eigenvalue weighted by atomic mass is 9.98. The smallest absolute Gasteiger partial charge is 0.146 e. The van der Waals surface area contributed by atoms with Gasteiger partial charge >= 0.3 is 0 Å². The number of pyridine rings is 1. The molecule has 0 saturated carbocycles. The van der Waals surface area contributed by atoms with Crippen molar-refractivity contribution >= 4 is 22.4 Å². The van der Waals surface area contributed by atoms with Crippen molar-refractivity contribution in [3.8, 4) is 0 Å². The largest absolute Gasteiger partial charge is 0.347 e. The van der Waals surface area contributed by atoms with Gasteiger partial charge in [-0.2, -0.15) is 5.10 Å². The molecule has 5 rings (SSSR count). The Morgan fingerprint density at radius 3 is 2.63 bits per heavy atom. The highest BCUT2D eigenvalue weighted by atomic mass is 15.3. The molecule has 4 nitrogen and oxygen atoms in total. The van der Waals surface area contributed by atoms with E-state index in [9.17, 15) is 0 Å². The lowest BCUT2D eigenvalue weighted by molar-refractivity contribution is 0.822. The number of para-hydroxylation sites is 1. The van der Waals surface area contributed by atoms with Crippen molar-refractivity contribution in [2.45, 2.75) is 12.8 Å². The van der Waals surface area contributed by atoms with Gasteiger partial charge in [0, 0.05) is 41.0 Å². The Balaban J connectivity index is 1.76. The number of anilines is 1. The van der Waals surface area contributed by atoms with E-state index < -0.39 is 0 Å². The molecule has 1 N–H and O–H groups in total. The summed E-state index contributed by atoms with van der Waals surface area (Å²) in [5, 5.41) is 6.09. The number of nitrogens with zero attached hydrogens (tertiary/aromatic N) is 3. The molecule has 0 saturated heterocycles. The normalized spacial score (nSPS) is 14.6. The highest BCUT2D eigenvalue weighted by Crippen LogP contribution is 2.32. The minimum Gasteiger partial charge on any atom is -0.347 e. The second kappa shape index (κ2) is 6.40. The molecule has 0 aliphatic heterocycles. The summed E-state index contributed by atoms with van der Waals surface area (Å²) in [5.41, 5.74) is 10.5. The van der Waals surface area contributed by atoms with Crippen LogP contribution in [0.1, 0.15) is 22.4 Å². The Morgan fingerprint density at radius 1 is 0.926 bits per heavy atom. The number of benzene rings is 2. The van der Waals surface area contributed by atoms with Gasteiger partial charge in [-0.05, 0) is 36.6 Å². The van der Waals surface area contributed by atoms with Gasteiger partial charge in [-0.3, -0.25) is 5.43 Å². The van der Waals surface area contributed by atoms with Gasteiger partial charge in [0.1, 0.15) is 11.5 Å². The molecular weight excluding hydrogens is 332 g/mol. The summed E-state index contributed by atoms with van der Waals surface area (Å²) in [5.74, 6) is 0.744. The molecule has 2 aromatic carbocycles. The Kier molecular flexibility index (Phi) is 3.75. The summed E-state index contributed by atoms with van der Waals surface area (Å²) in [6, 6.07) is 22.9. The van der Waals surface area contributed by atoms with Crippen LogP contribution in [0, 0.1) is 0 Å². The first-order valence-corrected chi connectivity index (χ1v) is 9.22. The minimum atomic E-state index is 0.744. The predicted octanol–water partition coefficient (Wildman–Crippen LogP) is 4.54. The van der Waals surface area contributed by atoms with Crippen LogP contribution in [0.5, 0.6) is 0 Å². The van der Waals surface area contributed by atoms with E-state index in [1.165, 1.54) is 33.3 Å². The molecule has 0 spiro atoms. The summed E-state index contributed by atoms with van der Waals surface area (Å²) in [6.07, 6.45) is 3.78. The van der Waals surface area contributed by atoms with E-state index in [1.54, 1.807) is 6.20 Å². The minimum absolute atomic E-state index is 0.744. The second-order valence-electron chi connectivity index (χ2n) is 6.84. The van der Waals surface area contributed by atoms with Crippen LogP contribution in [0.2, 0.25) is 0 Å². The summed E-state index contributed by atoms with van der Waals surface area (Å²) < 4.78 is 2.31. The van der Waals surface area contributed by atoms with Crippen LogP contribution < -0.4 is 5.43 Å². The molecule has 2 aromatic heterocycles. The first kappa shape index (κ1) is 15.8. The van der Waals surface area contributed by atoms with Gasteiger partial charge < -0.3 is 4.57 Å². The van der Waals surface area contributed by atoms with E-state index in [4.69, 9.17) is 5.10 Å². The van der Waals surface area contributed by atoms with Crippen LogP contribution in [0.3, 0.4) is 0 Å². The maximum absolute atomic E-state index is 4.85. The fraction of sp³-hybridized carbons (Fsp3) is 0.130. The summed E-state index contributed by atoms with van der Waals surface area (Å²) in [7, 11) is 2.15. The topological polar surface area (TPSA) is 42.2 Å². The van der Waals surface area contributed by atoms with Crippen molar-refractivity contribution < 1.29 is 0 Å². The van der Waals surface area contributed by atoms with Crippen molar-refractivity contribution in [1.29, 1.82) is 0 Å². The van der Waals surface area contributed by atoms with Crippen LogP contribution in [0.25, 0.3) is 10.9 Å². The predicted molar refractivity (Wildman–Crippen MR) is 110 cm³/mol. The Morgan fingerprint density at radius 2 is 1.74 bits per heavy atom. The van der Waals surface area contributed by atoms with E-state index in [2.05, 4.69) is 70.6 Å². The average molecular weight is 352 g/mol. The highest BCUT2D eigenvalue weighted by Gasteiger charge is 2.25. The fourth-order valence-corrected chi connectivity index (χ4v) is 4.02. The summed E-state index contributed by atoms with van der Waals surface area (Å²) in [6.45, 7) is 0. The molecule has 4 heteroatoms. The Labute approximate surface area is 158 Å². The molecule has 0 fully saturated rings. The molecule has 1 aliphatic carbocycles. The van der Waals surface area contributed by atoms with E-state index in [1.807, 2.05) is 18.2 Å². The lowest BCUT2D eigenvalue weighted by Gasteiger charge is -2.10. The summed E-state index contributed by atoms with van der Waals surface area (Å²) >= 11 is 0. The maximum Gasteiger partial charge on any atom is 0.146 e. The van der Waals surface area contributed by atoms with Gasteiger partial charge in [0.05, 0.1) is 0 Å². The van der Waals surface area contributed by atoms with Crippen LogP contribution in [0.4, 0.5) is 5.82 Å². The van der Waals surface area contributed by atoms with E-state index in [-0.39, 0.29) is 0 Å². The van der Waals surface area contributed by atoms with Crippen molar-refractivity contribution in [3.05, 3.63) is 95.3 Å². The van der Waals surface area contributed by atoms with Gasteiger partial charge in [-0.25, -0.2) is 4.98 Å². The van der Waals surface area contributed by atoms with Crippen molar-refractivity contribution in [3.63, 3.8) is 0 Å². The van der Waals surface area contributed by atoms with Crippen molar-refractivity contribution in [2.75, 3.05) is 5.43 Å². The zero-order chi connectivity index (χ0) is 18.2. The molecule has 0 radical (unpaired) electrons. The average Bonchev–Trinajstić information content (AvgIpc) is 2.90. The number of hydrogen-bond acceptors (Lipinski definition) is 3. The molecule has 0 unspecified atom stereocenters. The molecule has 0 atom stereocenters. The number of hydrazone groups is 1. The van der Waals surface area contributed by atoms with E-state index in [0.717, 1.165) is 24.4 Å². The molecule has 2 heterocycles. The Bertz CT molecular complexity index is 1160. The lowest BCUT2D eigenvalue weighted by Crippen LogP contribution is -2.09.